The number of likely N-dealkylation sites (tertiary alicyclic amines) is 1. The zero-order chi connectivity index (χ0) is 27.7. The number of aliphatic imine (C=N–C) groups is 1. The highest BCUT2D eigenvalue weighted by atomic mass is 35.5. The van der Waals surface area contributed by atoms with Crippen LogP contribution in [-0.2, 0) is 21.4 Å². The quantitative estimate of drug-likeness (QED) is 0.485. The van der Waals surface area contributed by atoms with Crippen LogP contribution in [0.15, 0.2) is 70.6 Å². The molecule has 0 aliphatic carbocycles. The monoisotopic (exact) mass is 560 g/mol. The van der Waals surface area contributed by atoms with Crippen molar-refractivity contribution >= 4 is 33.4 Å². The maximum absolute atomic E-state index is 14.1. The van der Waals surface area contributed by atoms with Crippen molar-refractivity contribution in [3.8, 4) is 0 Å². The number of amides is 1. The summed E-state index contributed by atoms with van der Waals surface area (Å²) in [7, 11) is -3.89. The van der Waals surface area contributed by atoms with Gasteiger partial charge in [0.2, 0.25) is 15.9 Å². The summed E-state index contributed by atoms with van der Waals surface area (Å²) in [4.78, 5) is 19.9. The van der Waals surface area contributed by atoms with Gasteiger partial charge in [-0.15, -0.1) is 0 Å². The Morgan fingerprint density at radius 2 is 1.97 bits per heavy atom. The number of nitrogens with one attached hydrogen (secondary N) is 1. The minimum Gasteiger partial charge on any atom is -0.363 e. The van der Waals surface area contributed by atoms with E-state index in [1.807, 2.05) is 18.7 Å². The summed E-state index contributed by atoms with van der Waals surface area (Å²) < 4.78 is 42.4. The first-order chi connectivity index (χ1) is 17.9. The van der Waals surface area contributed by atoms with Gasteiger partial charge in [-0.1, -0.05) is 49.4 Å². The first kappa shape index (κ1) is 28.3. The van der Waals surface area contributed by atoms with Crippen LogP contribution in [0.4, 0.5) is 4.39 Å². The van der Waals surface area contributed by atoms with Crippen LogP contribution >= 0.6 is 11.6 Å². The molecule has 38 heavy (non-hydrogen) atoms. The molecule has 2 aromatic rings. The SMILES string of the molecule is C=C(CCN(Cc1ccc(Cl)c(F)c1)S(=O)(=O)c1ccccc1)C1=N[C@@H](C(=O)N2CC[C@H](C)C2)C(C)(C)N1. The number of rotatable bonds is 9. The third-order valence-electron chi connectivity index (χ3n) is 7.07. The van der Waals surface area contributed by atoms with Gasteiger partial charge in [-0.25, -0.2) is 12.8 Å². The minimum absolute atomic E-state index is 0.00676. The van der Waals surface area contributed by atoms with Crippen molar-refractivity contribution in [1.82, 2.24) is 14.5 Å². The van der Waals surface area contributed by atoms with E-state index in [0.717, 1.165) is 19.5 Å². The molecular weight excluding hydrogens is 527 g/mol. The van der Waals surface area contributed by atoms with E-state index in [1.54, 1.807) is 24.3 Å². The van der Waals surface area contributed by atoms with E-state index in [4.69, 9.17) is 16.6 Å². The van der Waals surface area contributed by atoms with Crippen molar-refractivity contribution in [3.63, 3.8) is 0 Å². The van der Waals surface area contributed by atoms with Crippen LogP contribution < -0.4 is 5.32 Å². The fraction of sp³-hybridized carbons (Fsp3) is 0.429. The highest BCUT2D eigenvalue weighted by Gasteiger charge is 2.44. The molecule has 0 saturated carbocycles. The van der Waals surface area contributed by atoms with Gasteiger partial charge in [0.25, 0.3) is 0 Å². The van der Waals surface area contributed by atoms with Crippen molar-refractivity contribution in [2.75, 3.05) is 19.6 Å². The molecule has 0 unspecified atom stereocenters. The molecule has 10 heteroatoms. The number of amidine groups is 1. The van der Waals surface area contributed by atoms with Gasteiger partial charge in [0.15, 0.2) is 6.04 Å². The normalized spacial score (nSPS) is 20.9. The minimum atomic E-state index is -3.89. The van der Waals surface area contributed by atoms with Gasteiger partial charge in [-0.3, -0.25) is 9.79 Å². The Morgan fingerprint density at radius 1 is 1.26 bits per heavy atom. The molecule has 4 rings (SSSR count). The highest BCUT2D eigenvalue weighted by molar-refractivity contribution is 7.89. The highest BCUT2D eigenvalue weighted by Crippen LogP contribution is 2.27. The molecule has 2 aliphatic heterocycles. The lowest BCUT2D eigenvalue weighted by molar-refractivity contribution is -0.132. The molecule has 0 radical (unpaired) electrons. The van der Waals surface area contributed by atoms with E-state index in [1.165, 1.54) is 28.6 Å². The van der Waals surface area contributed by atoms with Gasteiger partial charge in [-0.05, 0) is 68.0 Å². The maximum Gasteiger partial charge on any atom is 0.249 e. The van der Waals surface area contributed by atoms with Gasteiger partial charge < -0.3 is 10.2 Å². The summed E-state index contributed by atoms with van der Waals surface area (Å²) in [6.45, 7) is 11.7. The number of halogens is 2. The number of sulfonamides is 1. The third kappa shape index (κ3) is 6.11. The first-order valence-corrected chi connectivity index (χ1v) is 14.5. The second-order valence-electron chi connectivity index (χ2n) is 10.7. The average Bonchev–Trinajstić information content (AvgIpc) is 3.46. The summed E-state index contributed by atoms with van der Waals surface area (Å²) in [6, 6.07) is 11.8. The molecule has 7 nitrogen and oxygen atoms in total. The number of hydrogen-bond donors (Lipinski definition) is 1. The Morgan fingerprint density at radius 3 is 2.61 bits per heavy atom. The van der Waals surface area contributed by atoms with E-state index in [0.29, 0.717) is 22.9 Å². The van der Waals surface area contributed by atoms with Crippen LogP contribution in [0.1, 0.15) is 39.2 Å². The summed E-state index contributed by atoms with van der Waals surface area (Å²) in [6.07, 6.45) is 1.25. The Labute approximate surface area is 229 Å². The third-order valence-corrected chi connectivity index (χ3v) is 9.24. The van der Waals surface area contributed by atoms with Crippen molar-refractivity contribution in [2.24, 2.45) is 10.9 Å². The fourth-order valence-corrected chi connectivity index (χ4v) is 6.36. The smallest absolute Gasteiger partial charge is 0.249 e. The molecule has 1 fully saturated rings. The number of hydrogen-bond acceptors (Lipinski definition) is 5. The van der Waals surface area contributed by atoms with Gasteiger partial charge in [0.05, 0.1) is 15.5 Å². The van der Waals surface area contributed by atoms with Crippen LogP contribution in [0, 0.1) is 11.7 Å². The molecule has 2 heterocycles. The molecule has 2 aliphatic rings. The molecule has 1 amide bonds. The standard InChI is InChI=1S/C28H34ClFN4O3S/c1-19-12-14-33(17-19)27(35)25-28(3,4)32-26(31-25)20(2)13-15-34(18-21-10-11-23(29)24(30)16-21)38(36,37)22-8-6-5-7-9-22/h5-11,16,19,25H,2,12-15,17-18H2,1,3-4H3,(H,31,32)/t19-,25-/m0/s1. The molecule has 0 bridgehead atoms. The van der Waals surface area contributed by atoms with E-state index in [9.17, 15) is 17.6 Å². The number of carbonyl (C=O) groups is 1. The van der Waals surface area contributed by atoms with Crippen molar-refractivity contribution in [3.05, 3.63) is 77.1 Å². The van der Waals surface area contributed by atoms with Crippen LogP contribution in [-0.4, -0.2) is 60.6 Å². The van der Waals surface area contributed by atoms with Gasteiger partial charge in [0.1, 0.15) is 11.7 Å². The second-order valence-corrected chi connectivity index (χ2v) is 13.0. The van der Waals surface area contributed by atoms with Crippen molar-refractivity contribution in [2.45, 2.75) is 56.6 Å². The summed E-state index contributed by atoms with van der Waals surface area (Å²) in [5.41, 5.74) is 0.469. The molecule has 2 aromatic carbocycles. The van der Waals surface area contributed by atoms with E-state index in [-0.39, 0.29) is 35.3 Å². The topological polar surface area (TPSA) is 82.1 Å². The van der Waals surface area contributed by atoms with Crippen molar-refractivity contribution in [1.29, 1.82) is 0 Å². The fourth-order valence-electron chi connectivity index (χ4n) is 4.79. The molecule has 0 spiro atoms. The second kappa shape index (κ2) is 11.2. The lowest BCUT2D eigenvalue weighted by Gasteiger charge is -2.29. The van der Waals surface area contributed by atoms with Crippen LogP contribution in [0.5, 0.6) is 0 Å². The van der Waals surface area contributed by atoms with E-state index >= 15 is 0 Å². The molecule has 2 atom stereocenters. The predicted molar refractivity (Wildman–Crippen MR) is 148 cm³/mol. The lowest BCUT2D eigenvalue weighted by atomic mass is 9.95. The summed E-state index contributed by atoms with van der Waals surface area (Å²) in [5, 5.41) is 3.30. The lowest BCUT2D eigenvalue weighted by Crippen LogP contribution is -2.52. The summed E-state index contributed by atoms with van der Waals surface area (Å²) in [5.74, 6) is 0.366. The van der Waals surface area contributed by atoms with Gasteiger partial charge in [-0.2, -0.15) is 4.31 Å². The van der Waals surface area contributed by atoms with Crippen LogP contribution in [0.3, 0.4) is 0 Å². The Bertz CT molecular complexity index is 1350. The Kier molecular flexibility index (Phi) is 8.30. The van der Waals surface area contributed by atoms with Gasteiger partial charge >= 0.3 is 0 Å². The zero-order valence-electron chi connectivity index (χ0n) is 22.0. The Hall–Kier alpha value is -2.75. The van der Waals surface area contributed by atoms with Gasteiger partial charge in [0, 0.05) is 26.2 Å². The number of carbonyl (C=O) groups excluding carboxylic acids is 1. The van der Waals surface area contributed by atoms with Crippen LogP contribution in [0.2, 0.25) is 5.02 Å². The maximum atomic E-state index is 14.1. The zero-order valence-corrected chi connectivity index (χ0v) is 23.5. The molecule has 1 saturated heterocycles. The average molecular weight is 561 g/mol. The van der Waals surface area contributed by atoms with E-state index in [2.05, 4.69) is 18.8 Å². The molecular formula is C28H34ClFN4O3S. The Balaban J connectivity index is 1.52. The molecule has 1 N–H and O–H groups in total. The number of benzene rings is 2. The van der Waals surface area contributed by atoms with E-state index < -0.39 is 27.4 Å². The van der Waals surface area contributed by atoms with Crippen molar-refractivity contribution < 1.29 is 17.6 Å². The predicted octanol–water partition coefficient (Wildman–Crippen LogP) is 4.63. The first-order valence-electron chi connectivity index (χ1n) is 12.7. The molecule has 204 valence electrons. The largest absolute Gasteiger partial charge is 0.363 e. The summed E-state index contributed by atoms with van der Waals surface area (Å²) >= 11 is 5.82. The molecule has 0 aromatic heterocycles. The van der Waals surface area contributed by atoms with Crippen LogP contribution in [0.25, 0.3) is 0 Å². The number of nitrogens with zero attached hydrogens (tertiary/aromatic N) is 3.